The molecule has 0 aromatic heterocycles. The normalized spacial score (nSPS) is 11.9. The maximum Gasteiger partial charge on any atom is 0.408 e. The van der Waals surface area contributed by atoms with Gasteiger partial charge in [-0.15, -0.1) is 0 Å². The van der Waals surface area contributed by atoms with Crippen molar-refractivity contribution in [2.45, 2.75) is 39.0 Å². The number of ether oxygens (including phenoxy) is 1. The van der Waals surface area contributed by atoms with Gasteiger partial charge in [-0.3, -0.25) is 9.59 Å². The van der Waals surface area contributed by atoms with Crippen molar-refractivity contribution in [2.24, 2.45) is 0 Å². The molecule has 0 aliphatic rings. The van der Waals surface area contributed by atoms with Crippen LogP contribution in [0.5, 0.6) is 5.75 Å². The molecule has 2 aromatic rings. The van der Waals surface area contributed by atoms with Gasteiger partial charge in [-0.1, -0.05) is 42.5 Å². The second-order valence-corrected chi connectivity index (χ2v) is 8.06. The van der Waals surface area contributed by atoms with Gasteiger partial charge in [-0.05, 0) is 44.0 Å². The molecule has 0 spiro atoms. The van der Waals surface area contributed by atoms with E-state index >= 15 is 0 Å². The molecule has 2 rings (SSSR count). The first-order valence-electron chi connectivity index (χ1n) is 9.90. The molecule has 0 fully saturated rings. The zero-order chi connectivity index (χ0) is 23.0. The van der Waals surface area contributed by atoms with E-state index < -0.39 is 23.6 Å². The fraction of sp³-hybridized carbons (Fsp3) is 0.348. The Labute approximate surface area is 182 Å². The average Bonchev–Trinajstić information content (AvgIpc) is 2.71. The van der Waals surface area contributed by atoms with Crippen LogP contribution in [0.25, 0.3) is 0 Å². The van der Waals surface area contributed by atoms with Crippen molar-refractivity contribution in [2.75, 3.05) is 13.6 Å². The SMILES string of the molecule is CN(C(=O)CNC(=O)OC(C)(C)C)C(C(=O)NCc1ccccc1)c1ccc(O)cc1. The summed E-state index contributed by atoms with van der Waals surface area (Å²) in [5.41, 5.74) is 0.752. The summed E-state index contributed by atoms with van der Waals surface area (Å²) >= 11 is 0. The van der Waals surface area contributed by atoms with Crippen molar-refractivity contribution in [3.63, 3.8) is 0 Å². The molecular weight excluding hydrogens is 398 g/mol. The summed E-state index contributed by atoms with van der Waals surface area (Å²) < 4.78 is 5.13. The van der Waals surface area contributed by atoms with Gasteiger partial charge in [0.1, 0.15) is 23.9 Å². The summed E-state index contributed by atoms with van der Waals surface area (Å²) in [5, 5.41) is 14.8. The van der Waals surface area contributed by atoms with E-state index in [2.05, 4.69) is 10.6 Å². The lowest BCUT2D eigenvalue weighted by atomic mass is 10.0. The molecule has 3 N–H and O–H groups in total. The Morgan fingerprint density at radius 3 is 2.19 bits per heavy atom. The number of carbonyl (C=O) groups is 3. The molecule has 8 heteroatoms. The highest BCUT2D eigenvalue weighted by molar-refractivity contribution is 5.90. The van der Waals surface area contributed by atoms with E-state index in [-0.39, 0.29) is 18.2 Å². The average molecular weight is 428 g/mol. The molecule has 0 aliphatic carbocycles. The van der Waals surface area contributed by atoms with Gasteiger partial charge in [-0.2, -0.15) is 0 Å². The van der Waals surface area contributed by atoms with E-state index in [4.69, 9.17) is 4.74 Å². The monoisotopic (exact) mass is 427 g/mol. The first kappa shape index (κ1) is 23.7. The highest BCUT2D eigenvalue weighted by Gasteiger charge is 2.29. The summed E-state index contributed by atoms with van der Waals surface area (Å²) in [4.78, 5) is 38.8. The fourth-order valence-electron chi connectivity index (χ4n) is 2.82. The Hall–Kier alpha value is -3.55. The summed E-state index contributed by atoms with van der Waals surface area (Å²) in [7, 11) is 1.48. The summed E-state index contributed by atoms with van der Waals surface area (Å²) in [6.45, 7) is 5.13. The van der Waals surface area contributed by atoms with Gasteiger partial charge >= 0.3 is 6.09 Å². The highest BCUT2D eigenvalue weighted by Crippen LogP contribution is 2.22. The van der Waals surface area contributed by atoms with E-state index in [1.165, 1.54) is 24.1 Å². The molecule has 0 heterocycles. The zero-order valence-electron chi connectivity index (χ0n) is 18.2. The minimum atomic E-state index is -0.947. The first-order chi connectivity index (χ1) is 14.6. The molecular formula is C23H29N3O5. The number of nitrogens with one attached hydrogen (secondary N) is 2. The van der Waals surface area contributed by atoms with E-state index in [0.717, 1.165) is 5.56 Å². The van der Waals surface area contributed by atoms with Crippen molar-refractivity contribution in [1.29, 1.82) is 0 Å². The predicted molar refractivity (Wildman–Crippen MR) is 116 cm³/mol. The number of phenols is 1. The molecule has 0 aliphatic heterocycles. The maximum absolute atomic E-state index is 13.0. The van der Waals surface area contributed by atoms with E-state index in [9.17, 15) is 19.5 Å². The minimum absolute atomic E-state index is 0.0489. The third-order valence-electron chi connectivity index (χ3n) is 4.33. The number of nitrogens with zero attached hydrogens (tertiary/aromatic N) is 1. The number of hydrogen-bond donors (Lipinski definition) is 3. The number of rotatable bonds is 7. The number of amides is 3. The van der Waals surface area contributed by atoms with Crippen LogP contribution in [-0.4, -0.2) is 47.1 Å². The Morgan fingerprint density at radius 2 is 1.61 bits per heavy atom. The molecule has 31 heavy (non-hydrogen) atoms. The quantitative estimate of drug-likeness (QED) is 0.630. The van der Waals surface area contributed by atoms with Crippen molar-refractivity contribution in [1.82, 2.24) is 15.5 Å². The Morgan fingerprint density at radius 1 is 1.00 bits per heavy atom. The number of phenolic OH excluding ortho intramolecular Hbond substituents is 1. The predicted octanol–water partition coefficient (Wildman–Crippen LogP) is 2.73. The molecule has 166 valence electrons. The molecule has 0 bridgehead atoms. The summed E-state index contributed by atoms with van der Waals surface area (Å²) in [6, 6.07) is 14.5. The molecule has 3 amide bonds. The van der Waals surface area contributed by atoms with Crippen LogP contribution in [0.1, 0.15) is 37.9 Å². The van der Waals surface area contributed by atoms with Crippen LogP contribution < -0.4 is 10.6 Å². The van der Waals surface area contributed by atoms with Crippen LogP contribution in [0.15, 0.2) is 54.6 Å². The van der Waals surface area contributed by atoms with Gasteiger partial charge in [0.15, 0.2) is 0 Å². The smallest absolute Gasteiger partial charge is 0.408 e. The van der Waals surface area contributed by atoms with Gasteiger partial charge in [0.2, 0.25) is 11.8 Å². The van der Waals surface area contributed by atoms with Crippen LogP contribution in [0.3, 0.4) is 0 Å². The number of likely N-dealkylation sites (N-methyl/N-ethyl adjacent to an activating group) is 1. The van der Waals surface area contributed by atoms with Gasteiger partial charge in [-0.25, -0.2) is 4.79 Å². The number of carbonyl (C=O) groups excluding carboxylic acids is 3. The van der Waals surface area contributed by atoms with Crippen LogP contribution in [0, 0.1) is 0 Å². The van der Waals surface area contributed by atoms with Gasteiger partial charge in [0, 0.05) is 13.6 Å². The standard InChI is InChI=1S/C23H29N3O5/c1-23(2,3)31-22(30)25-15-19(28)26(4)20(17-10-12-18(27)13-11-17)21(29)24-14-16-8-6-5-7-9-16/h5-13,20,27H,14-15H2,1-4H3,(H,24,29)(H,25,30). The molecule has 1 atom stereocenters. The van der Waals surface area contributed by atoms with Gasteiger partial charge in [0.05, 0.1) is 0 Å². The third-order valence-corrected chi connectivity index (χ3v) is 4.33. The van der Waals surface area contributed by atoms with Crippen molar-refractivity contribution in [3.05, 3.63) is 65.7 Å². The van der Waals surface area contributed by atoms with Crippen LogP contribution in [0.2, 0.25) is 0 Å². The number of hydrogen-bond acceptors (Lipinski definition) is 5. The van der Waals surface area contributed by atoms with Crippen molar-refractivity contribution >= 4 is 17.9 Å². The molecule has 0 saturated carbocycles. The second kappa shape index (κ2) is 10.5. The molecule has 8 nitrogen and oxygen atoms in total. The van der Waals surface area contributed by atoms with Gasteiger partial charge in [0.25, 0.3) is 0 Å². The molecule has 0 saturated heterocycles. The van der Waals surface area contributed by atoms with E-state index in [1.807, 2.05) is 30.3 Å². The third kappa shape index (κ3) is 7.65. The lowest BCUT2D eigenvalue weighted by molar-refractivity contribution is -0.138. The molecule has 1 unspecified atom stereocenters. The van der Waals surface area contributed by atoms with Gasteiger partial charge < -0.3 is 25.4 Å². The summed E-state index contributed by atoms with van der Waals surface area (Å²) in [5.74, 6) is -0.811. The van der Waals surface area contributed by atoms with E-state index in [0.29, 0.717) is 12.1 Å². The minimum Gasteiger partial charge on any atom is -0.508 e. The Kier molecular flexibility index (Phi) is 8.01. The van der Waals surface area contributed by atoms with Crippen LogP contribution >= 0.6 is 0 Å². The van der Waals surface area contributed by atoms with Crippen LogP contribution in [0.4, 0.5) is 4.79 Å². The number of aromatic hydroxyl groups is 1. The highest BCUT2D eigenvalue weighted by atomic mass is 16.6. The lowest BCUT2D eigenvalue weighted by Gasteiger charge is -2.28. The number of alkyl carbamates (subject to hydrolysis) is 1. The van der Waals surface area contributed by atoms with E-state index in [1.54, 1.807) is 32.9 Å². The largest absolute Gasteiger partial charge is 0.508 e. The summed E-state index contributed by atoms with van der Waals surface area (Å²) in [6.07, 6.45) is -0.719. The van der Waals surface area contributed by atoms with Crippen molar-refractivity contribution in [3.8, 4) is 5.75 Å². The Balaban J connectivity index is 2.11. The number of benzene rings is 2. The Bertz CT molecular complexity index is 892. The van der Waals surface area contributed by atoms with Crippen molar-refractivity contribution < 1.29 is 24.2 Å². The zero-order valence-corrected chi connectivity index (χ0v) is 18.2. The molecule has 0 radical (unpaired) electrons. The molecule has 2 aromatic carbocycles. The first-order valence-corrected chi connectivity index (χ1v) is 9.90. The maximum atomic E-state index is 13.0. The topological polar surface area (TPSA) is 108 Å². The second-order valence-electron chi connectivity index (χ2n) is 8.06. The van der Waals surface area contributed by atoms with Crippen LogP contribution in [-0.2, 0) is 20.9 Å². The lowest BCUT2D eigenvalue weighted by Crippen LogP contribution is -2.45. The fourth-order valence-corrected chi connectivity index (χ4v) is 2.82.